The second kappa shape index (κ2) is 5.72. The number of aryl methyl sites for hydroxylation is 2. The Balaban J connectivity index is 2.28. The number of carbonyl (C=O) groups is 1. The Kier molecular flexibility index (Phi) is 4.23. The monoisotopic (exact) mass is 293 g/mol. The molecular formula is C15H13Cl2NO. The zero-order valence-electron chi connectivity index (χ0n) is 10.7. The summed E-state index contributed by atoms with van der Waals surface area (Å²) in [5.41, 5.74) is 3.06. The summed E-state index contributed by atoms with van der Waals surface area (Å²) in [7, 11) is 0. The van der Waals surface area contributed by atoms with Gasteiger partial charge in [0.15, 0.2) is 5.78 Å². The number of ketones is 1. The maximum Gasteiger partial charge on any atom is 0.167 e. The standard InChI is InChI=1S/C15H13Cl2NO/c1-9-6-12(7-10(2)18-9)14(19)8-11-4-3-5-13(16)15(11)17/h3-7H,8H2,1-2H3. The summed E-state index contributed by atoms with van der Waals surface area (Å²) >= 11 is 12.0. The summed E-state index contributed by atoms with van der Waals surface area (Å²) in [6.45, 7) is 3.74. The summed E-state index contributed by atoms with van der Waals surface area (Å²) in [5.74, 6) is 0.0118. The molecule has 0 atom stereocenters. The molecule has 2 aromatic rings. The molecule has 0 fully saturated rings. The van der Waals surface area contributed by atoms with Crippen molar-refractivity contribution >= 4 is 29.0 Å². The molecule has 0 radical (unpaired) electrons. The van der Waals surface area contributed by atoms with Crippen LogP contribution in [0.5, 0.6) is 0 Å². The zero-order chi connectivity index (χ0) is 14.0. The van der Waals surface area contributed by atoms with E-state index in [1.807, 2.05) is 19.9 Å². The number of carbonyl (C=O) groups excluding carboxylic acids is 1. The van der Waals surface area contributed by atoms with Crippen molar-refractivity contribution in [1.82, 2.24) is 4.98 Å². The van der Waals surface area contributed by atoms with Gasteiger partial charge in [0.05, 0.1) is 10.0 Å². The van der Waals surface area contributed by atoms with Crippen LogP contribution < -0.4 is 0 Å². The van der Waals surface area contributed by atoms with E-state index in [2.05, 4.69) is 4.98 Å². The molecule has 2 rings (SSSR count). The van der Waals surface area contributed by atoms with E-state index in [9.17, 15) is 4.79 Å². The van der Waals surface area contributed by atoms with Gasteiger partial charge in [-0.3, -0.25) is 9.78 Å². The zero-order valence-corrected chi connectivity index (χ0v) is 12.2. The number of Topliss-reactive ketones (excluding diaryl/α,β-unsaturated/α-hetero) is 1. The van der Waals surface area contributed by atoms with Crippen LogP contribution in [0.2, 0.25) is 10.0 Å². The smallest absolute Gasteiger partial charge is 0.167 e. The minimum absolute atomic E-state index is 0.0118. The molecule has 2 nitrogen and oxygen atoms in total. The molecule has 0 saturated heterocycles. The highest BCUT2D eigenvalue weighted by Gasteiger charge is 2.12. The van der Waals surface area contributed by atoms with E-state index < -0.39 is 0 Å². The highest BCUT2D eigenvalue weighted by Crippen LogP contribution is 2.26. The molecule has 1 aromatic heterocycles. The van der Waals surface area contributed by atoms with Crippen LogP contribution in [-0.4, -0.2) is 10.8 Å². The maximum absolute atomic E-state index is 12.3. The second-order valence-corrected chi connectivity index (χ2v) is 5.24. The number of hydrogen-bond acceptors (Lipinski definition) is 2. The lowest BCUT2D eigenvalue weighted by Crippen LogP contribution is -2.06. The van der Waals surface area contributed by atoms with E-state index in [1.54, 1.807) is 24.3 Å². The van der Waals surface area contributed by atoms with Crippen LogP contribution in [0.15, 0.2) is 30.3 Å². The second-order valence-electron chi connectivity index (χ2n) is 4.45. The number of hydrogen-bond donors (Lipinski definition) is 0. The van der Waals surface area contributed by atoms with Crippen molar-refractivity contribution in [2.75, 3.05) is 0 Å². The van der Waals surface area contributed by atoms with Gasteiger partial charge in [0.1, 0.15) is 0 Å². The molecule has 0 N–H and O–H groups in total. The number of aromatic nitrogens is 1. The molecule has 1 heterocycles. The third-order valence-corrected chi connectivity index (χ3v) is 3.64. The average molecular weight is 294 g/mol. The van der Waals surface area contributed by atoms with Crippen LogP contribution in [0, 0.1) is 13.8 Å². The Labute approximate surface area is 122 Å². The first-order valence-electron chi connectivity index (χ1n) is 5.89. The third kappa shape index (κ3) is 3.34. The molecule has 0 bridgehead atoms. The van der Waals surface area contributed by atoms with Crippen molar-refractivity contribution < 1.29 is 4.79 Å². The van der Waals surface area contributed by atoms with Crippen molar-refractivity contribution in [1.29, 1.82) is 0 Å². The summed E-state index contributed by atoms with van der Waals surface area (Å²) < 4.78 is 0. The molecule has 19 heavy (non-hydrogen) atoms. The maximum atomic E-state index is 12.3. The summed E-state index contributed by atoms with van der Waals surface area (Å²) in [6.07, 6.45) is 0.238. The first-order valence-corrected chi connectivity index (χ1v) is 6.64. The lowest BCUT2D eigenvalue weighted by Gasteiger charge is -2.06. The molecule has 1 aromatic carbocycles. The van der Waals surface area contributed by atoms with E-state index in [4.69, 9.17) is 23.2 Å². The predicted molar refractivity (Wildman–Crippen MR) is 78.2 cm³/mol. The van der Waals surface area contributed by atoms with Gasteiger partial charge < -0.3 is 0 Å². The Morgan fingerprint density at radius 2 is 1.79 bits per heavy atom. The van der Waals surface area contributed by atoms with E-state index in [0.717, 1.165) is 17.0 Å². The lowest BCUT2D eigenvalue weighted by molar-refractivity contribution is 0.0992. The van der Waals surface area contributed by atoms with Crippen molar-refractivity contribution in [2.45, 2.75) is 20.3 Å². The summed E-state index contributed by atoms with van der Waals surface area (Å²) in [4.78, 5) is 16.5. The van der Waals surface area contributed by atoms with Crippen LogP contribution in [0.25, 0.3) is 0 Å². The molecular weight excluding hydrogens is 281 g/mol. The average Bonchev–Trinajstić information content (AvgIpc) is 2.33. The topological polar surface area (TPSA) is 30.0 Å². The van der Waals surface area contributed by atoms with Gasteiger partial charge in [0.2, 0.25) is 0 Å². The van der Waals surface area contributed by atoms with Gasteiger partial charge in [0, 0.05) is 23.4 Å². The van der Waals surface area contributed by atoms with Gasteiger partial charge in [-0.05, 0) is 37.6 Å². The SMILES string of the molecule is Cc1cc(C(=O)Cc2cccc(Cl)c2Cl)cc(C)n1. The number of nitrogens with zero attached hydrogens (tertiary/aromatic N) is 1. The third-order valence-electron chi connectivity index (χ3n) is 2.79. The van der Waals surface area contributed by atoms with E-state index >= 15 is 0 Å². The van der Waals surface area contributed by atoms with E-state index in [0.29, 0.717) is 15.6 Å². The fraction of sp³-hybridized carbons (Fsp3) is 0.200. The number of rotatable bonds is 3. The van der Waals surface area contributed by atoms with Crippen LogP contribution in [0.1, 0.15) is 27.3 Å². The highest BCUT2D eigenvalue weighted by atomic mass is 35.5. The molecule has 4 heteroatoms. The molecule has 0 spiro atoms. The fourth-order valence-electron chi connectivity index (χ4n) is 1.96. The Hall–Kier alpha value is -1.38. The van der Waals surface area contributed by atoms with Crippen LogP contribution in [0.3, 0.4) is 0 Å². The molecule has 0 saturated carbocycles. The van der Waals surface area contributed by atoms with Gasteiger partial charge in [0.25, 0.3) is 0 Å². The molecule has 0 amide bonds. The van der Waals surface area contributed by atoms with Gasteiger partial charge >= 0.3 is 0 Å². The van der Waals surface area contributed by atoms with Crippen molar-refractivity contribution in [3.8, 4) is 0 Å². The van der Waals surface area contributed by atoms with Crippen molar-refractivity contribution in [2.24, 2.45) is 0 Å². The molecule has 0 aliphatic rings. The number of halogens is 2. The molecule has 0 unspecified atom stereocenters. The summed E-state index contributed by atoms with van der Waals surface area (Å²) in [6, 6.07) is 8.88. The van der Waals surface area contributed by atoms with Crippen molar-refractivity contribution in [3.63, 3.8) is 0 Å². The Morgan fingerprint density at radius 3 is 2.42 bits per heavy atom. The van der Waals surface area contributed by atoms with Crippen LogP contribution in [-0.2, 0) is 6.42 Å². The first-order chi connectivity index (χ1) is 8.97. The fourth-order valence-corrected chi connectivity index (χ4v) is 2.34. The summed E-state index contributed by atoms with van der Waals surface area (Å²) in [5, 5.41) is 0.911. The lowest BCUT2D eigenvalue weighted by atomic mass is 10.0. The molecule has 0 aliphatic carbocycles. The van der Waals surface area contributed by atoms with Gasteiger partial charge in [-0.2, -0.15) is 0 Å². The molecule has 0 aliphatic heterocycles. The largest absolute Gasteiger partial charge is 0.294 e. The highest BCUT2D eigenvalue weighted by molar-refractivity contribution is 6.42. The van der Waals surface area contributed by atoms with Crippen molar-refractivity contribution in [3.05, 3.63) is 62.9 Å². The van der Waals surface area contributed by atoms with E-state index in [-0.39, 0.29) is 12.2 Å². The van der Waals surface area contributed by atoms with Crippen LogP contribution >= 0.6 is 23.2 Å². The van der Waals surface area contributed by atoms with Crippen LogP contribution in [0.4, 0.5) is 0 Å². The minimum atomic E-state index is 0.0118. The van der Waals surface area contributed by atoms with Gasteiger partial charge in [-0.15, -0.1) is 0 Å². The number of pyridine rings is 1. The van der Waals surface area contributed by atoms with Gasteiger partial charge in [-0.1, -0.05) is 35.3 Å². The van der Waals surface area contributed by atoms with E-state index in [1.165, 1.54) is 0 Å². The van der Waals surface area contributed by atoms with Gasteiger partial charge in [-0.25, -0.2) is 0 Å². The minimum Gasteiger partial charge on any atom is -0.294 e. The number of benzene rings is 1. The normalized spacial score (nSPS) is 10.5. The molecule has 98 valence electrons. The first kappa shape index (κ1) is 14.0. The predicted octanol–water partition coefficient (Wildman–Crippen LogP) is 4.43. The Morgan fingerprint density at radius 1 is 1.16 bits per heavy atom. The quantitative estimate of drug-likeness (QED) is 0.784. The Bertz CT molecular complexity index is 618.